The Hall–Kier alpha value is -3.09. The van der Waals surface area contributed by atoms with Crippen LogP contribution in [0.4, 0.5) is 0 Å². The van der Waals surface area contributed by atoms with Gasteiger partial charge in [0.05, 0.1) is 5.56 Å². The molecular formula is C21H13ClO5S. The van der Waals surface area contributed by atoms with Crippen molar-refractivity contribution in [3.05, 3.63) is 94.7 Å². The van der Waals surface area contributed by atoms with E-state index in [0.29, 0.717) is 10.6 Å². The first-order chi connectivity index (χ1) is 13.4. The lowest BCUT2D eigenvalue weighted by Gasteiger charge is -2.08. The van der Waals surface area contributed by atoms with Crippen molar-refractivity contribution in [1.82, 2.24) is 0 Å². The second kappa shape index (κ2) is 7.14. The van der Waals surface area contributed by atoms with Crippen molar-refractivity contribution in [3.8, 4) is 11.5 Å². The van der Waals surface area contributed by atoms with Crippen LogP contribution in [0.2, 0.25) is 5.02 Å². The van der Waals surface area contributed by atoms with Crippen LogP contribution in [-0.4, -0.2) is 14.2 Å². The zero-order valence-corrected chi connectivity index (χ0v) is 15.9. The summed E-state index contributed by atoms with van der Waals surface area (Å²) in [5.74, 6) is 0.184. The molecule has 140 valence electrons. The second-order valence-corrected chi connectivity index (χ2v) is 7.98. The third kappa shape index (κ3) is 3.65. The van der Waals surface area contributed by atoms with Crippen LogP contribution in [0.5, 0.6) is 11.5 Å². The van der Waals surface area contributed by atoms with Crippen LogP contribution < -0.4 is 8.92 Å². The number of Topliss-reactive ketones (excluding diaryl/α,β-unsaturated/α-hetero) is 1. The average molecular weight is 413 g/mol. The highest BCUT2D eigenvalue weighted by Crippen LogP contribution is 2.35. The maximum atomic E-state index is 12.5. The van der Waals surface area contributed by atoms with Gasteiger partial charge in [-0.2, -0.15) is 8.42 Å². The molecule has 0 amide bonds. The fraction of sp³-hybridized carbons (Fsp3) is 0. The zero-order valence-electron chi connectivity index (χ0n) is 14.3. The van der Waals surface area contributed by atoms with Crippen LogP contribution >= 0.6 is 11.6 Å². The normalized spacial score (nSPS) is 14.6. The molecule has 7 heteroatoms. The van der Waals surface area contributed by atoms with Crippen molar-refractivity contribution >= 4 is 33.6 Å². The van der Waals surface area contributed by atoms with Crippen LogP contribution in [0.15, 0.2) is 83.5 Å². The molecule has 3 aromatic rings. The first-order valence-corrected chi connectivity index (χ1v) is 10.0. The Morgan fingerprint density at radius 2 is 1.64 bits per heavy atom. The maximum Gasteiger partial charge on any atom is 0.339 e. The molecule has 0 radical (unpaired) electrons. The van der Waals surface area contributed by atoms with E-state index in [1.807, 2.05) is 30.3 Å². The molecule has 1 aliphatic heterocycles. The van der Waals surface area contributed by atoms with E-state index in [0.717, 1.165) is 5.56 Å². The monoisotopic (exact) mass is 412 g/mol. The minimum Gasteiger partial charge on any atom is -0.452 e. The second-order valence-electron chi connectivity index (χ2n) is 6.00. The smallest absolute Gasteiger partial charge is 0.339 e. The summed E-state index contributed by atoms with van der Waals surface area (Å²) in [6.45, 7) is 0. The molecule has 0 bridgehead atoms. The molecule has 0 fully saturated rings. The third-order valence-corrected chi connectivity index (χ3v) is 5.56. The number of carbonyl (C=O) groups is 1. The molecule has 1 aliphatic rings. The number of rotatable bonds is 4. The number of ketones is 1. The number of ether oxygens (including phenoxy) is 1. The number of carbonyl (C=O) groups excluding carboxylic acids is 1. The van der Waals surface area contributed by atoms with Crippen molar-refractivity contribution in [2.75, 3.05) is 0 Å². The van der Waals surface area contributed by atoms with E-state index >= 15 is 0 Å². The molecule has 0 saturated carbocycles. The minimum atomic E-state index is -4.04. The predicted octanol–water partition coefficient (Wildman–Crippen LogP) is 4.72. The van der Waals surface area contributed by atoms with Crippen LogP contribution in [0.3, 0.4) is 0 Å². The van der Waals surface area contributed by atoms with E-state index in [-0.39, 0.29) is 27.9 Å². The van der Waals surface area contributed by atoms with Crippen molar-refractivity contribution < 1.29 is 22.1 Å². The molecule has 0 aliphatic carbocycles. The maximum absolute atomic E-state index is 12.5. The van der Waals surface area contributed by atoms with Crippen molar-refractivity contribution in [2.24, 2.45) is 0 Å². The summed E-state index contributed by atoms with van der Waals surface area (Å²) >= 11 is 5.78. The number of fused-ring (bicyclic) bond motifs is 1. The van der Waals surface area contributed by atoms with Crippen LogP contribution in [0.25, 0.3) is 6.08 Å². The molecule has 0 N–H and O–H groups in total. The summed E-state index contributed by atoms with van der Waals surface area (Å²) in [7, 11) is -4.04. The van der Waals surface area contributed by atoms with E-state index < -0.39 is 10.1 Å². The summed E-state index contributed by atoms with van der Waals surface area (Å²) in [4.78, 5) is 12.5. The zero-order chi connectivity index (χ0) is 19.7. The number of hydrogen-bond acceptors (Lipinski definition) is 5. The van der Waals surface area contributed by atoms with E-state index in [1.54, 1.807) is 6.08 Å². The van der Waals surface area contributed by atoms with Crippen LogP contribution in [0, 0.1) is 0 Å². The molecule has 0 saturated heterocycles. The lowest BCUT2D eigenvalue weighted by atomic mass is 10.1. The Kier molecular flexibility index (Phi) is 4.66. The Morgan fingerprint density at radius 3 is 2.36 bits per heavy atom. The van der Waals surface area contributed by atoms with Gasteiger partial charge >= 0.3 is 10.1 Å². The molecule has 1 heterocycles. The molecule has 0 aromatic heterocycles. The first-order valence-electron chi connectivity index (χ1n) is 8.26. The molecule has 0 unspecified atom stereocenters. The highest BCUT2D eigenvalue weighted by Gasteiger charge is 2.28. The van der Waals surface area contributed by atoms with Crippen molar-refractivity contribution in [3.63, 3.8) is 0 Å². The van der Waals surface area contributed by atoms with Gasteiger partial charge in [0.25, 0.3) is 0 Å². The van der Waals surface area contributed by atoms with Gasteiger partial charge in [-0.1, -0.05) is 41.9 Å². The van der Waals surface area contributed by atoms with Gasteiger partial charge in [-0.15, -0.1) is 0 Å². The van der Waals surface area contributed by atoms with Crippen molar-refractivity contribution in [1.29, 1.82) is 0 Å². The summed E-state index contributed by atoms with van der Waals surface area (Å²) < 4.78 is 35.6. The number of allylic oxidation sites excluding steroid dienone is 1. The van der Waals surface area contributed by atoms with Gasteiger partial charge in [0, 0.05) is 11.1 Å². The van der Waals surface area contributed by atoms with Gasteiger partial charge in [0.1, 0.15) is 16.4 Å². The Labute approximate surface area is 166 Å². The summed E-state index contributed by atoms with van der Waals surface area (Å²) in [6, 6.07) is 19.2. The Balaban J connectivity index is 1.60. The van der Waals surface area contributed by atoms with Crippen LogP contribution in [-0.2, 0) is 10.1 Å². The highest BCUT2D eigenvalue weighted by molar-refractivity contribution is 7.87. The standard InChI is InChI=1S/C21H13ClO5S/c22-15-6-9-17(10-7-15)28(24,25)27-16-8-11-18-19(13-16)26-20(21(18)23)12-14-4-2-1-3-5-14/h1-13H/b20-12-. The summed E-state index contributed by atoms with van der Waals surface area (Å²) in [5, 5.41) is 0.418. The van der Waals surface area contributed by atoms with Gasteiger partial charge < -0.3 is 8.92 Å². The van der Waals surface area contributed by atoms with Crippen LogP contribution in [0.1, 0.15) is 15.9 Å². The van der Waals surface area contributed by atoms with E-state index in [4.69, 9.17) is 20.5 Å². The molecule has 4 rings (SSSR count). The molecule has 5 nitrogen and oxygen atoms in total. The first kappa shape index (κ1) is 18.3. The third-order valence-electron chi connectivity index (χ3n) is 4.05. The molecule has 28 heavy (non-hydrogen) atoms. The van der Waals surface area contributed by atoms with E-state index in [2.05, 4.69) is 0 Å². The fourth-order valence-corrected chi connectivity index (χ4v) is 3.74. The fourth-order valence-electron chi connectivity index (χ4n) is 2.70. The summed E-state index contributed by atoms with van der Waals surface area (Å²) in [5.41, 5.74) is 1.17. The highest BCUT2D eigenvalue weighted by atomic mass is 35.5. The van der Waals surface area contributed by atoms with Gasteiger partial charge in [0.2, 0.25) is 5.78 Å². The molecular weight excluding hydrogens is 400 g/mol. The van der Waals surface area contributed by atoms with E-state index in [1.165, 1.54) is 42.5 Å². The number of hydrogen-bond donors (Lipinski definition) is 0. The quantitative estimate of drug-likeness (QED) is 0.458. The van der Waals surface area contributed by atoms with Gasteiger partial charge in [-0.3, -0.25) is 4.79 Å². The SMILES string of the molecule is O=C1/C(=C/c2ccccc2)Oc2cc(OS(=O)(=O)c3ccc(Cl)cc3)ccc21. The van der Waals surface area contributed by atoms with Crippen molar-refractivity contribution in [2.45, 2.75) is 4.90 Å². The largest absolute Gasteiger partial charge is 0.452 e. The number of benzene rings is 3. The number of halogens is 1. The summed E-state index contributed by atoms with van der Waals surface area (Å²) in [6.07, 6.45) is 1.63. The Bertz CT molecular complexity index is 1180. The Morgan fingerprint density at radius 1 is 0.929 bits per heavy atom. The average Bonchev–Trinajstić information content (AvgIpc) is 2.97. The van der Waals surface area contributed by atoms with Gasteiger partial charge in [-0.05, 0) is 48.0 Å². The predicted molar refractivity (Wildman–Crippen MR) is 105 cm³/mol. The van der Waals surface area contributed by atoms with Gasteiger partial charge in [0.15, 0.2) is 5.76 Å². The lowest BCUT2D eigenvalue weighted by molar-refractivity contribution is 0.101. The molecule has 0 spiro atoms. The lowest BCUT2D eigenvalue weighted by Crippen LogP contribution is -2.09. The molecule has 0 atom stereocenters. The topological polar surface area (TPSA) is 69.7 Å². The molecule has 3 aromatic carbocycles. The van der Waals surface area contributed by atoms with E-state index in [9.17, 15) is 13.2 Å². The van der Waals surface area contributed by atoms with Gasteiger partial charge in [-0.25, -0.2) is 0 Å². The minimum absolute atomic E-state index is 0.0287.